The van der Waals surface area contributed by atoms with Crippen LogP contribution in [0.5, 0.6) is 5.75 Å². The number of allylic oxidation sites excluding steroid dienone is 1. The Labute approximate surface area is 103 Å². The number of hydrogen-bond acceptors (Lipinski definition) is 2. The van der Waals surface area contributed by atoms with E-state index in [0.717, 1.165) is 17.7 Å². The minimum Gasteiger partial charge on any atom is -0.406 e. The maximum Gasteiger partial charge on any atom is 0.573 e. The first-order chi connectivity index (χ1) is 8.28. The van der Waals surface area contributed by atoms with Crippen LogP contribution in [0.4, 0.5) is 13.2 Å². The third kappa shape index (κ3) is 5.03. The van der Waals surface area contributed by atoms with Crippen molar-refractivity contribution in [3.05, 3.63) is 42.0 Å². The first kappa shape index (κ1) is 14.3. The van der Waals surface area contributed by atoms with Crippen molar-refractivity contribution in [3.63, 3.8) is 0 Å². The van der Waals surface area contributed by atoms with Gasteiger partial charge in [0.15, 0.2) is 5.78 Å². The molecule has 0 aromatic heterocycles. The van der Waals surface area contributed by atoms with Gasteiger partial charge >= 0.3 is 6.36 Å². The lowest BCUT2D eigenvalue weighted by Crippen LogP contribution is -2.17. The molecule has 1 aromatic carbocycles. The highest BCUT2D eigenvalue weighted by Gasteiger charge is 2.30. The van der Waals surface area contributed by atoms with Crippen molar-refractivity contribution in [2.45, 2.75) is 26.1 Å². The SMILES string of the molecule is C=C(C)CCC(=O)c1ccc(OC(F)(F)F)cc1. The standard InChI is InChI=1S/C13H13F3O2/c1-9(2)3-8-12(17)10-4-6-11(7-5-10)18-13(14,15)16/h4-7H,1,3,8H2,2H3. The van der Waals surface area contributed by atoms with E-state index in [9.17, 15) is 18.0 Å². The zero-order valence-electron chi connectivity index (χ0n) is 9.88. The molecule has 5 heteroatoms. The van der Waals surface area contributed by atoms with Crippen LogP contribution in [0.3, 0.4) is 0 Å². The van der Waals surface area contributed by atoms with Gasteiger partial charge in [0.25, 0.3) is 0 Å². The molecule has 0 fully saturated rings. The molecule has 0 atom stereocenters. The van der Waals surface area contributed by atoms with E-state index in [1.54, 1.807) is 0 Å². The highest BCUT2D eigenvalue weighted by molar-refractivity contribution is 5.96. The lowest BCUT2D eigenvalue weighted by Gasteiger charge is -2.09. The van der Waals surface area contributed by atoms with Crippen molar-refractivity contribution in [3.8, 4) is 5.75 Å². The van der Waals surface area contributed by atoms with Crippen LogP contribution in [-0.4, -0.2) is 12.1 Å². The van der Waals surface area contributed by atoms with Crippen LogP contribution in [0.15, 0.2) is 36.4 Å². The summed E-state index contributed by atoms with van der Waals surface area (Å²) in [5, 5.41) is 0. The van der Waals surface area contributed by atoms with Crippen molar-refractivity contribution < 1.29 is 22.7 Å². The van der Waals surface area contributed by atoms with Gasteiger partial charge in [-0.2, -0.15) is 0 Å². The van der Waals surface area contributed by atoms with Gasteiger partial charge in [-0.25, -0.2) is 0 Å². The Hall–Kier alpha value is -1.78. The first-order valence-corrected chi connectivity index (χ1v) is 5.31. The minimum absolute atomic E-state index is 0.128. The number of carbonyl (C=O) groups is 1. The molecule has 0 saturated heterocycles. The monoisotopic (exact) mass is 258 g/mol. The molecular formula is C13H13F3O2. The summed E-state index contributed by atoms with van der Waals surface area (Å²) >= 11 is 0. The molecule has 1 rings (SSSR count). The topological polar surface area (TPSA) is 26.3 Å². The molecule has 0 amide bonds. The summed E-state index contributed by atoms with van der Waals surface area (Å²) in [7, 11) is 0. The number of ketones is 1. The van der Waals surface area contributed by atoms with E-state index in [1.807, 2.05) is 6.92 Å². The van der Waals surface area contributed by atoms with Gasteiger partial charge in [0.05, 0.1) is 0 Å². The Kier molecular flexibility index (Phi) is 4.53. The molecule has 0 aliphatic heterocycles. The molecule has 0 bridgehead atoms. The zero-order valence-corrected chi connectivity index (χ0v) is 9.88. The molecular weight excluding hydrogens is 245 g/mol. The summed E-state index contributed by atoms with van der Waals surface area (Å²) in [6, 6.07) is 4.90. The normalized spacial score (nSPS) is 11.1. The molecule has 18 heavy (non-hydrogen) atoms. The summed E-state index contributed by atoms with van der Waals surface area (Å²) in [4.78, 5) is 11.6. The Morgan fingerprint density at radius 2 is 1.78 bits per heavy atom. The Bertz CT molecular complexity index is 433. The highest BCUT2D eigenvalue weighted by Crippen LogP contribution is 2.23. The number of Topliss-reactive ketones (excluding diaryl/α,β-unsaturated/α-hetero) is 1. The van der Waals surface area contributed by atoms with Gasteiger partial charge in [-0.15, -0.1) is 19.8 Å². The van der Waals surface area contributed by atoms with Crippen LogP contribution in [0, 0.1) is 0 Å². The smallest absolute Gasteiger partial charge is 0.406 e. The maximum atomic E-state index is 11.9. The molecule has 0 saturated carbocycles. The van der Waals surface area contributed by atoms with E-state index in [4.69, 9.17) is 0 Å². The lowest BCUT2D eigenvalue weighted by molar-refractivity contribution is -0.274. The largest absolute Gasteiger partial charge is 0.573 e. The van der Waals surface area contributed by atoms with Gasteiger partial charge in [0.1, 0.15) is 5.75 Å². The van der Waals surface area contributed by atoms with Crippen LogP contribution < -0.4 is 4.74 Å². The number of alkyl halides is 3. The van der Waals surface area contributed by atoms with Gasteiger partial charge in [-0.3, -0.25) is 4.79 Å². The van der Waals surface area contributed by atoms with E-state index in [2.05, 4.69) is 11.3 Å². The van der Waals surface area contributed by atoms with Crippen LogP contribution in [0.1, 0.15) is 30.1 Å². The van der Waals surface area contributed by atoms with E-state index in [-0.39, 0.29) is 11.5 Å². The fraction of sp³-hybridized carbons (Fsp3) is 0.308. The predicted octanol–water partition coefficient (Wildman–Crippen LogP) is 4.12. The number of halogens is 3. The second-order valence-electron chi connectivity index (χ2n) is 3.95. The molecule has 1 aromatic rings. The van der Waals surface area contributed by atoms with Crippen LogP contribution in [0.25, 0.3) is 0 Å². The quantitative estimate of drug-likeness (QED) is 0.586. The first-order valence-electron chi connectivity index (χ1n) is 5.31. The molecule has 2 nitrogen and oxygen atoms in total. The maximum absolute atomic E-state index is 11.9. The van der Waals surface area contributed by atoms with Crippen LogP contribution in [-0.2, 0) is 0 Å². The molecule has 0 unspecified atom stereocenters. The van der Waals surface area contributed by atoms with Crippen molar-refractivity contribution in [1.29, 1.82) is 0 Å². The van der Waals surface area contributed by atoms with E-state index in [1.165, 1.54) is 12.1 Å². The molecule has 0 heterocycles. The second-order valence-corrected chi connectivity index (χ2v) is 3.95. The third-order valence-corrected chi connectivity index (χ3v) is 2.19. The molecule has 0 N–H and O–H groups in total. The van der Waals surface area contributed by atoms with Gasteiger partial charge in [-0.05, 0) is 37.6 Å². The van der Waals surface area contributed by atoms with Crippen molar-refractivity contribution in [2.24, 2.45) is 0 Å². The average molecular weight is 258 g/mol. The number of hydrogen-bond donors (Lipinski definition) is 0. The average Bonchev–Trinajstić information content (AvgIpc) is 2.24. The fourth-order valence-electron chi connectivity index (χ4n) is 1.31. The molecule has 0 aliphatic carbocycles. The number of benzene rings is 1. The summed E-state index contributed by atoms with van der Waals surface area (Å²) in [5.74, 6) is -0.462. The summed E-state index contributed by atoms with van der Waals surface area (Å²) < 4.78 is 39.4. The van der Waals surface area contributed by atoms with Gasteiger partial charge in [-0.1, -0.05) is 5.57 Å². The summed E-state index contributed by atoms with van der Waals surface area (Å²) in [5.41, 5.74) is 1.26. The Morgan fingerprint density at radius 1 is 1.22 bits per heavy atom. The molecule has 98 valence electrons. The van der Waals surface area contributed by atoms with Gasteiger partial charge in [0.2, 0.25) is 0 Å². The van der Waals surface area contributed by atoms with Gasteiger partial charge in [0, 0.05) is 12.0 Å². The number of carbonyl (C=O) groups excluding carboxylic acids is 1. The Morgan fingerprint density at radius 3 is 2.22 bits per heavy atom. The minimum atomic E-state index is -4.72. The third-order valence-electron chi connectivity index (χ3n) is 2.19. The van der Waals surface area contributed by atoms with Crippen molar-refractivity contribution in [2.75, 3.05) is 0 Å². The number of rotatable bonds is 5. The van der Waals surface area contributed by atoms with Crippen molar-refractivity contribution >= 4 is 5.78 Å². The van der Waals surface area contributed by atoms with Crippen LogP contribution >= 0.6 is 0 Å². The molecule has 0 spiro atoms. The van der Waals surface area contributed by atoms with E-state index >= 15 is 0 Å². The summed E-state index contributed by atoms with van der Waals surface area (Å²) in [6.45, 7) is 5.49. The zero-order chi connectivity index (χ0) is 13.8. The van der Waals surface area contributed by atoms with E-state index < -0.39 is 6.36 Å². The molecule has 0 aliphatic rings. The van der Waals surface area contributed by atoms with E-state index in [0.29, 0.717) is 18.4 Å². The van der Waals surface area contributed by atoms with Crippen molar-refractivity contribution in [1.82, 2.24) is 0 Å². The second kappa shape index (κ2) is 5.71. The van der Waals surface area contributed by atoms with Gasteiger partial charge < -0.3 is 4.74 Å². The van der Waals surface area contributed by atoms with Crippen LogP contribution in [0.2, 0.25) is 0 Å². The Balaban J connectivity index is 2.65. The molecule has 0 radical (unpaired) electrons. The predicted molar refractivity (Wildman–Crippen MR) is 61.5 cm³/mol. The highest BCUT2D eigenvalue weighted by atomic mass is 19.4. The fourth-order valence-corrected chi connectivity index (χ4v) is 1.31. The lowest BCUT2D eigenvalue weighted by atomic mass is 10.0. The number of ether oxygens (including phenoxy) is 1. The summed E-state index contributed by atoms with van der Waals surface area (Å²) in [6.07, 6.45) is -3.85.